The molecule has 1 aromatic heterocycles. The lowest BCUT2D eigenvalue weighted by Gasteiger charge is -2.22. The van der Waals surface area contributed by atoms with Gasteiger partial charge in [-0.15, -0.1) is 0 Å². The zero-order chi connectivity index (χ0) is 11.2. The molecule has 0 bridgehead atoms. The summed E-state index contributed by atoms with van der Waals surface area (Å²) >= 11 is 0. The summed E-state index contributed by atoms with van der Waals surface area (Å²) in [4.78, 5) is 6.53. The highest BCUT2D eigenvalue weighted by molar-refractivity contribution is 5.49. The molecule has 0 aliphatic carbocycles. The van der Waals surface area contributed by atoms with Crippen LogP contribution in [0.15, 0.2) is 18.3 Å². The van der Waals surface area contributed by atoms with Crippen molar-refractivity contribution in [3.63, 3.8) is 0 Å². The zero-order valence-corrected chi connectivity index (χ0v) is 9.52. The minimum Gasteiger partial charge on any atom is -0.384 e. The van der Waals surface area contributed by atoms with Crippen molar-refractivity contribution in [2.45, 2.75) is 6.92 Å². The molecule has 4 nitrogen and oxygen atoms in total. The van der Waals surface area contributed by atoms with Crippen LogP contribution in [0.3, 0.4) is 0 Å². The third-order valence-electron chi connectivity index (χ3n) is 3.87. The Morgan fingerprint density at radius 2 is 2.44 bits per heavy atom. The number of aromatic nitrogens is 1. The van der Waals surface area contributed by atoms with E-state index in [1.807, 2.05) is 18.3 Å². The lowest BCUT2D eigenvalue weighted by atomic mass is 9.83. The Morgan fingerprint density at radius 3 is 3.12 bits per heavy atom. The van der Waals surface area contributed by atoms with Gasteiger partial charge < -0.3 is 15.4 Å². The second-order valence-electron chi connectivity index (χ2n) is 5.19. The van der Waals surface area contributed by atoms with Gasteiger partial charge >= 0.3 is 0 Å². The highest BCUT2D eigenvalue weighted by Crippen LogP contribution is 2.42. The first-order chi connectivity index (χ1) is 7.67. The SMILES string of the molecule is CC12COCC1CN(c1ccc(N)nc1)C2. The Morgan fingerprint density at radius 1 is 1.56 bits per heavy atom. The molecule has 0 amide bonds. The molecule has 3 rings (SSSR count). The first-order valence-electron chi connectivity index (χ1n) is 5.72. The van der Waals surface area contributed by atoms with E-state index in [1.54, 1.807) is 0 Å². The highest BCUT2D eigenvalue weighted by atomic mass is 16.5. The molecule has 2 N–H and O–H groups in total. The fraction of sp³-hybridized carbons (Fsp3) is 0.583. The Kier molecular flexibility index (Phi) is 2.07. The predicted molar refractivity (Wildman–Crippen MR) is 63.3 cm³/mol. The van der Waals surface area contributed by atoms with Gasteiger partial charge in [0.05, 0.1) is 25.1 Å². The molecule has 2 atom stereocenters. The Bertz CT molecular complexity index is 392. The van der Waals surface area contributed by atoms with Gasteiger partial charge in [-0.1, -0.05) is 6.92 Å². The minimum atomic E-state index is 0.321. The van der Waals surface area contributed by atoms with Gasteiger partial charge in [-0.3, -0.25) is 0 Å². The van der Waals surface area contributed by atoms with Crippen molar-refractivity contribution in [1.82, 2.24) is 4.98 Å². The molecule has 2 aliphatic rings. The smallest absolute Gasteiger partial charge is 0.123 e. The number of ether oxygens (including phenoxy) is 1. The van der Waals surface area contributed by atoms with Crippen LogP contribution >= 0.6 is 0 Å². The highest BCUT2D eigenvalue weighted by Gasteiger charge is 2.47. The fourth-order valence-electron chi connectivity index (χ4n) is 2.75. The van der Waals surface area contributed by atoms with E-state index in [1.165, 1.54) is 5.69 Å². The topological polar surface area (TPSA) is 51.4 Å². The molecule has 0 aromatic carbocycles. The number of fused-ring (bicyclic) bond motifs is 1. The van der Waals surface area contributed by atoms with Crippen molar-refractivity contribution >= 4 is 11.5 Å². The largest absolute Gasteiger partial charge is 0.384 e. The quantitative estimate of drug-likeness (QED) is 0.769. The van der Waals surface area contributed by atoms with Crippen LogP contribution in [0.5, 0.6) is 0 Å². The number of hydrogen-bond donors (Lipinski definition) is 1. The van der Waals surface area contributed by atoms with Crippen LogP contribution in [0.4, 0.5) is 11.5 Å². The van der Waals surface area contributed by atoms with E-state index in [2.05, 4.69) is 16.8 Å². The fourth-order valence-corrected chi connectivity index (χ4v) is 2.75. The Labute approximate surface area is 95.4 Å². The molecule has 4 heteroatoms. The zero-order valence-electron chi connectivity index (χ0n) is 9.52. The average molecular weight is 219 g/mol. The molecule has 3 heterocycles. The van der Waals surface area contributed by atoms with Crippen LogP contribution in [0.25, 0.3) is 0 Å². The van der Waals surface area contributed by atoms with Crippen LogP contribution in [-0.4, -0.2) is 31.3 Å². The summed E-state index contributed by atoms with van der Waals surface area (Å²) in [7, 11) is 0. The van der Waals surface area contributed by atoms with Crippen molar-refractivity contribution in [3.8, 4) is 0 Å². The molecule has 2 saturated heterocycles. The second kappa shape index (κ2) is 3.35. The van der Waals surface area contributed by atoms with Crippen molar-refractivity contribution in [3.05, 3.63) is 18.3 Å². The summed E-state index contributed by atoms with van der Waals surface area (Å²) < 4.78 is 5.56. The van der Waals surface area contributed by atoms with Crippen molar-refractivity contribution in [2.24, 2.45) is 11.3 Å². The van der Waals surface area contributed by atoms with Crippen LogP contribution < -0.4 is 10.6 Å². The maximum atomic E-state index is 5.59. The lowest BCUT2D eigenvalue weighted by Crippen LogP contribution is -2.27. The van der Waals surface area contributed by atoms with Gasteiger partial charge in [0, 0.05) is 24.4 Å². The van der Waals surface area contributed by atoms with Gasteiger partial charge in [0.1, 0.15) is 5.82 Å². The molecule has 0 radical (unpaired) electrons. The van der Waals surface area contributed by atoms with Crippen molar-refractivity contribution in [1.29, 1.82) is 0 Å². The van der Waals surface area contributed by atoms with Crippen LogP contribution in [-0.2, 0) is 4.74 Å². The lowest BCUT2D eigenvalue weighted by molar-refractivity contribution is 0.161. The molecule has 0 saturated carbocycles. The predicted octanol–water partition coefficient (Wildman–Crippen LogP) is 1.14. The standard InChI is InChI=1S/C12H17N3O/c1-12-7-15(5-9(12)6-16-8-12)10-2-3-11(13)14-4-10/h2-4,9H,5-8H2,1H3,(H2,13,14). The molecular formula is C12H17N3O. The molecule has 0 spiro atoms. The molecular weight excluding hydrogens is 202 g/mol. The maximum absolute atomic E-state index is 5.59. The minimum absolute atomic E-state index is 0.321. The van der Waals surface area contributed by atoms with Crippen molar-refractivity contribution < 1.29 is 4.74 Å². The summed E-state index contributed by atoms with van der Waals surface area (Å²) in [5, 5.41) is 0. The Balaban J connectivity index is 1.81. The average Bonchev–Trinajstić information content (AvgIpc) is 2.73. The first kappa shape index (κ1) is 9.90. The van der Waals surface area contributed by atoms with Crippen LogP contribution in [0.1, 0.15) is 6.92 Å². The Hall–Kier alpha value is -1.29. The van der Waals surface area contributed by atoms with E-state index in [-0.39, 0.29) is 0 Å². The van der Waals surface area contributed by atoms with Gasteiger partial charge in [0.25, 0.3) is 0 Å². The van der Waals surface area contributed by atoms with Gasteiger partial charge in [0.15, 0.2) is 0 Å². The van der Waals surface area contributed by atoms with Crippen LogP contribution in [0, 0.1) is 11.3 Å². The monoisotopic (exact) mass is 219 g/mol. The molecule has 2 unspecified atom stereocenters. The number of hydrogen-bond acceptors (Lipinski definition) is 4. The van der Waals surface area contributed by atoms with E-state index in [9.17, 15) is 0 Å². The van der Waals surface area contributed by atoms with Crippen LogP contribution in [0.2, 0.25) is 0 Å². The first-order valence-corrected chi connectivity index (χ1v) is 5.72. The van der Waals surface area contributed by atoms with Gasteiger partial charge in [0.2, 0.25) is 0 Å². The normalized spacial score (nSPS) is 33.1. The summed E-state index contributed by atoms with van der Waals surface area (Å²) in [6.45, 7) is 6.23. The van der Waals surface area contributed by atoms with Gasteiger partial charge in [-0.25, -0.2) is 4.98 Å². The number of nitrogens with two attached hydrogens (primary N) is 1. The summed E-state index contributed by atoms with van der Waals surface area (Å²) in [6.07, 6.45) is 1.86. The van der Waals surface area contributed by atoms with E-state index >= 15 is 0 Å². The van der Waals surface area contributed by atoms with Gasteiger partial charge in [-0.2, -0.15) is 0 Å². The van der Waals surface area contributed by atoms with Gasteiger partial charge in [-0.05, 0) is 12.1 Å². The number of pyridine rings is 1. The summed E-state index contributed by atoms with van der Waals surface area (Å²) in [5.74, 6) is 1.24. The maximum Gasteiger partial charge on any atom is 0.123 e. The van der Waals surface area contributed by atoms with Crippen molar-refractivity contribution in [2.75, 3.05) is 36.9 Å². The molecule has 86 valence electrons. The number of rotatable bonds is 1. The molecule has 16 heavy (non-hydrogen) atoms. The number of anilines is 2. The number of nitrogens with zero attached hydrogens (tertiary/aromatic N) is 2. The van der Waals surface area contributed by atoms with E-state index in [0.717, 1.165) is 26.3 Å². The van der Waals surface area contributed by atoms with E-state index in [0.29, 0.717) is 17.2 Å². The molecule has 1 aromatic rings. The summed E-state index contributed by atoms with van der Waals surface area (Å²) in [5.41, 5.74) is 7.09. The number of nitrogen functional groups attached to an aromatic ring is 1. The van der Waals surface area contributed by atoms with E-state index in [4.69, 9.17) is 10.5 Å². The summed E-state index contributed by atoms with van der Waals surface area (Å²) in [6, 6.07) is 3.91. The second-order valence-corrected chi connectivity index (χ2v) is 5.19. The third-order valence-corrected chi connectivity index (χ3v) is 3.87. The van der Waals surface area contributed by atoms with E-state index < -0.39 is 0 Å². The molecule has 2 fully saturated rings. The molecule has 2 aliphatic heterocycles. The third kappa shape index (κ3) is 1.45.